The van der Waals surface area contributed by atoms with Crippen LogP contribution in [-0.2, 0) is 4.79 Å². The van der Waals surface area contributed by atoms with Crippen LogP contribution in [-0.4, -0.2) is 48.2 Å². The van der Waals surface area contributed by atoms with E-state index in [1.165, 1.54) is 0 Å². The normalized spacial score (nSPS) is 15.3. The number of aliphatic hydroxyl groups excluding tert-OH is 1. The maximum Gasteiger partial charge on any atom is 0.221 e. The van der Waals surface area contributed by atoms with Gasteiger partial charge in [-0.05, 0) is 12.8 Å². The number of amides is 1. The Bertz CT molecular complexity index is 215. The Morgan fingerprint density at radius 3 is 2.80 bits per heavy atom. The van der Waals surface area contributed by atoms with Crippen LogP contribution in [0.15, 0.2) is 12.7 Å². The van der Waals surface area contributed by atoms with E-state index >= 15 is 0 Å². The van der Waals surface area contributed by atoms with Crippen LogP contribution < -0.4 is 5.32 Å². The molecule has 86 valence electrons. The van der Waals surface area contributed by atoms with Crippen LogP contribution in [0.4, 0.5) is 0 Å². The fourth-order valence-corrected chi connectivity index (χ4v) is 1.41. The average molecular weight is 212 g/mol. The summed E-state index contributed by atoms with van der Waals surface area (Å²) in [6.07, 6.45) is 4.54. The second-order valence-corrected chi connectivity index (χ2v) is 3.90. The zero-order chi connectivity index (χ0) is 11.1. The highest BCUT2D eigenvalue weighted by molar-refractivity contribution is 5.76. The molecule has 1 saturated carbocycles. The predicted molar refractivity (Wildman–Crippen MR) is 59.5 cm³/mol. The highest BCUT2D eigenvalue weighted by atomic mass is 16.3. The summed E-state index contributed by atoms with van der Waals surface area (Å²) in [5.74, 6) is 0.115. The van der Waals surface area contributed by atoms with Crippen molar-refractivity contribution < 1.29 is 9.90 Å². The summed E-state index contributed by atoms with van der Waals surface area (Å²) in [6, 6.07) is 0.434. The summed E-state index contributed by atoms with van der Waals surface area (Å²) >= 11 is 0. The third kappa shape index (κ3) is 5.54. The first-order valence-electron chi connectivity index (χ1n) is 5.49. The maximum absolute atomic E-state index is 11.4. The lowest BCUT2D eigenvalue weighted by Crippen LogP contribution is -2.33. The summed E-state index contributed by atoms with van der Waals surface area (Å²) in [5.41, 5.74) is 0. The quantitative estimate of drug-likeness (QED) is 0.563. The Labute approximate surface area is 91.0 Å². The van der Waals surface area contributed by atoms with E-state index in [0.717, 1.165) is 19.4 Å². The van der Waals surface area contributed by atoms with E-state index in [-0.39, 0.29) is 12.5 Å². The molecule has 0 aromatic carbocycles. The van der Waals surface area contributed by atoms with Gasteiger partial charge in [0.25, 0.3) is 0 Å². The highest BCUT2D eigenvalue weighted by Crippen LogP contribution is 2.18. The van der Waals surface area contributed by atoms with E-state index in [1.807, 2.05) is 4.90 Å². The molecule has 0 aromatic rings. The second kappa shape index (κ2) is 6.58. The number of hydrogen-bond donors (Lipinski definition) is 2. The van der Waals surface area contributed by atoms with Crippen molar-refractivity contribution in [3.05, 3.63) is 12.7 Å². The van der Waals surface area contributed by atoms with E-state index in [4.69, 9.17) is 5.11 Å². The van der Waals surface area contributed by atoms with Crippen molar-refractivity contribution in [3.63, 3.8) is 0 Å². The van der Waals surface area contributed by atoms with Gasteiger partial charge >= 0.3 is 0 Å². The molecular formula is C11H20N2O2. The van der Waals surface area contributed by atoms with Crippen molar-refractivity contribution in [3.8, 4) is 0 Å². The minimum Gasteiger partial charge on any atom is -0.395 e. The average Bonchev–Trinajstić information content (AvgIpc) is 2.99. The van der Waals surface area contributed by atoms with Gasteiger partial charge in [-0.25, -0.2) is 0 Å². The van der Waals surface area contributed by atoms with Crippen LogP contribution in [0.1, 0.15) is 19.3 Å². The van der Waals surface area contributed by atoms with Crippen molar-refractivity contribution in [1.29, 1.82) is 0 Å². The van der Waals surface area contributed by atoms with E-state index in [1.54, 1.807) is 6.08 Å². The van der Waals surface area contributed by atoms with Crippen LogP contribution in [0.25, 0.3) is 0 Å². The number of carbonyl (C=O) groups is 1. The first-order chi connectivity index (χ1) is 7.26. The number of nitrogens with one attached hydrogen (secondary N) is 1. The molecule has 1 aliphatic rings. The summed E-state index contributed by atoms with van der Waals surface area (Å²) in [6.45, 7) is 5.77. The molecule has 0 heterocycles. The van der Waals surface area contributed by atoms with Crippen LogP contribution in [0.5, 0.6) is 0 Å². The molecule has 0 radical (unpaired) electrons. The monoisotopic (exact) mass is 212 g/mol. The summed E-state index contributed by atoms with van der Waals surface area (Å²) in [4.78, 5) is 13.4. The first kappa shape index (κ1) is 12.2. The molecule has 15 heavy (non-hydrogen) atoms. The minimum absolute atomic E-state index is 0.115. The second-order valence-electron chi connectivity index (χ2n) is 3.90. The zero-order valence-electron chi connectivity index (χ0n) is 9.11. The molecule has 0 unspecified atom stereocenters. The van der Waals surface area contributed by atoms with Crippen molar-refractivity contribution in [1.82, 2.24) is 10.2 Å². The molecule has 0 aromatic heterocycles. The predicted octanol–water partition coefficient (Wildman–Crippen LogP) is 0.135. The van der Waals surface area contributed by atoms with E-state index in [9.17, 15) is 4.79 Å². The Balaban J connectivity index is 2.12. The molecule has 0 saturated heterocycles. The molecular weight excluding hydrogens is 192 g/mol. The summed E-state index contributed by atoms with van der Waals surface area (Å²) < 4.78 is 0. The smallest absolute Gasteiger partial charge is 0.221 e. The van der Waals surface area contributed by atoms with Crippen LogP contribution in [0.2, 0.25) is 0 Å². The molecule has 4 heteroatoms. The molecule has 0 atom stereocenters. The number of carbonyl (C=O) groups excluding carboxylic acids is 1. The van der Waals surface area contributed by atoms with Gasteiger partial charge in [-0.2, -0.15) is 0 Å². The number of aliphatic hydroxyl groups is 1. The van der Waals surface area contributed by atoms with Gasteiger partial charge in [0.15, 0.2) is 0 Å². The van der Waals surface area contributed by atoms with E-state index < -0.39 is 0 Å². The fourth-order valence-electron chi connectivity index (χ4n) is 1.41. The molecule has 0 spiro atoms. The number of nitrogens with zero attached hydrogens (tertiary/aromatic N) is 1. The molecule has 1 amide bonds. The Morgan fingerprint density at radius 1 is 1.53 bits per heavy atom. The third-order valence-electron chi connectivity index (χ3n) is 2.40. The van der Waals surface area contributed by atoms with Gasteiger partial charge in [0.05, 0.1) is 6.61 Å². The molecule has 0 aliphatic heterocycles. The lowest BCUT2D eigenvalue weighted by atomic mass is 10.3. The largest absolute Gasteiger partial charge is 0.395 e. The summed E-state index contributed by atoms with van der Waals surface area (Å²) in [5, 5.41) is 11.7. The Morgan fingerprint density at radius 2 is 2.27 bits per heavy atom. The third-order valence-corrected chi connectivity index (χ3v) is 2.40. The van der Waals surface area contributed by atoms with Crippen molar-refractivity contribution in [2.24, 2.45) is 0 Å². The molecule has 2 N–H and O–H groups in total. The first-order valence-corrected chi connectivity index (χ1v) is 5.49. The Kier molecular flexibility index (Phi) is 5.36. The van der Waals surface area contributed by atoms with E-state index in [2.05, 4.69) is 11.9 Å². The number of hydrogen-bond acceptors (Lipinski definition) is 3. The fraction of sp³-hybridized carbons (Fsp3) is 0.727. The minimum atomic E-state index is 0.115. The summed E-state index contributed by atoms with van der Waals surface area (Å²) in [7, 11) is 0. The topological polar surface area (TPSA) is 52.6 Å². The van der Waals surface area contributed by atoms with E-state index in [0.29, 0.717) is 25.6 Å². The zero-order valence-corrected chi connectivity index (χ0v) is 9.11. The van der Waals surface area contributed by atoms with Crippen molar-refractivity contribution in [2.45, 2.75) is 25.3 Å². The molecule has 1 fully saturated rings. The van der Waals surface area contributed by atoms with Gasteiger partial charge in [-0.1, -0.05) is 6.08 Å². The lowest BCUT2D eigenvalue weighted by molar-refractivity contribution is -0.121. The highest BCUT2D eigenvalue weighted by Gasteiger charge is 2.22. The van der Waals surface area contributed by atoms with Gasteiger partial charge in [0.1, 0.15) is 0 Å². The van der Waals surface area contributed by atoms with Gasteiger partial charge < -0.3 is 10.4 Å². The van der Waals surface area contributed by atoms with Gasteiger partial charge in [0.2, 0.25) is 5.91 Å². The van der Waals surface area contributed by atoms with Crippen molar-refractivity contribution >= 4 is 5.91 Å². The standard InChI is InChI=1S/C11H20N2O2/c1-2-6-13(8-9-14)7-5-11(15)12-10-3-4-10/h2,10,14H,1,3-9H2,(H,12,15). The van der Waals surface area contributed by atoms with Crippen molar-refractivity contribution in [2.75, 3.05) is 26.2 Å². The van der Waals surface area contributed by atoms with Gasteiger partial charge in [-0.3, -0.25) is 9.69 Å². The maximum atomic E-state index is 11.4. The van der Waals surface area contributed by atoms with Gasteiger partial charge in [0, 0.05) is 32.1 Å². The van der Waals surface area contributed by atoms with Crippen LogP contribution >= 0.6 is 0 Å². The van der Waals surface area contributed by atoms with Crippen LogP contribution in [0, 0.1) is 0 Å². The number of rotatable bonds is 8. The SMILES string of the molecule is C=CCN(CCO)CCC(=O)NC1CC1. The molecule has 1 aliphatic carbocycles. The molecule has 0 bridgehead atoms. The van der Waals surface area contributed by atoms with Gasteiger partial charge in [-0.15, -0.1) is 6.58 Å². The molecule has 4 nitrogen and oxygen atoms in total. The Hall–Kier alpha value is -0.870. The lowest BCUT2D eigenvalue weighted by Gasteiger charge is -2.18. The molecule has 1 rings (SSSR count). The van der Waals surface area contributed by atoms with Crippen LogP contribution in [0.3, 0.4) is 0 Å².